The Kier molecular flexibility index (Phi) is 4.79. The van der Waals surface area contributed by atoms with Crippen LogP contribution in [0.1, 0.15) is 12.7 Å². The zero-order chi connectivity index (χ0) is 12.0. The fourth-order valence-corrected chi connectivity index (χ4v) is 1.60. The Balaban J connectivity index is 2.30. The summed E-state index contributed by atoms with van der Waals surface area (Å²) in [6.45, 7) is 3.52. The van der Waals surface area contributed by atoms with Crippen molar-refractivity contribution >= 4 is 0 Å². The highest BCUT2D eigenvalue weighted by atomic mass is 16.3. The number of nitrogens with zero attached hydrogens (tertiary/aromatic N) is 3. The topological polar surface area (TPSA) is 61.3 Å². The van der Waals surface area contributed by atoms with Gasteiger partial charge < -0.3 is 15.3 Å². The lowest BCUT2D eigenvalue weighted by molar-refractivity contribution is 0.0334. The van der Waals surface area contributed by atoms with Gasteiger partial charge in [-0.05, 0) is 27.1 Å². The predicted octanol–water partition coefficient (Wildman–Crippen LogP) is -0.121. The number of rotatable bonds is 6. The van der Waals surface area contributed by atoms with Crippen LogP contribution in [-0.4, -0.2) is 52.8 Å². The summed E-state index contributed by atoms with van der Waals surface area (Å²) >= 11 is 0. The van der Waals surface area contributed by atoms with Crippen molar-refractivity contribution in [1.82, 2.24) is 20.2 Å². The summed E-state index contributed by atoms with van der Waals surface area (Å²) in [6.07, 6.45) is 3.42. The van der Waals surface area contributed by atoms with E-state index in [4.69, 9.17) is 0 Å². The predicted molar refractivity (Wildman–Crippen MR) is 62.9 cm³/mol. The van der Waals surface area contributed by atoms with Gasteiger partial charge in [-0.15, -0.1) is 0 Å². The van der Waals surface area contributed by atoms with Crippen LogP contribution in [0, 0.1) is 0 Å². The molecule has 1 rings (SSSR count). The van der Waals surface area contributed by atoms with Gasteiger partial charge in [0.2, 0.25) is 0 Å². The van der Waals surface area contributed by atoms with Crippen LogP contribution in [0.3, 0.4) is 0 Å². The molecule has 0 aromatic carbocycles. The molecule has 5 nitrogen and oxygen atoms in total. The molecule has 1 unspecified atom stereocenters. The number of likely N-dealkylation sites (N-methyl/N-ethyl adjacent to an activating group) is 1. The average Bonchev–Trinajstić information content (AvgIpc) is 2.16. The van der Waals surface area contributed by atoms with Gasteiger partial charge in [0.1, 0.15) is 5.82 Å². The molecule has 0 aliphatic rings. The highest BCUT2D eigenvalue weighted by Crippen LogP contribution is 2.02. The fourth-order valence-electron chi connectivity index (χ4n) is 1.60. The summed E-state index contributed by atoms with van der Waals surface area (Å²) in [5.41, 5.74) is -0.738. The Bertz CT molecular complexity index is 300. The van der Waals surface area contributed by atoms with Crippen molar-refractivity contribution in [2.45, 2.75) is 19.1 Å². The van der Waals surface area contributed by atoms with Crippen LogP contribution < -0.4 is 5.32 Å². The molecule has 0 bridgehead atoms. The molecule has 5 heteroatoms. The summed E-state index contributed by atoms with van der Waals surface area (Å²) in [7, 11) is 3.88. The third kappa shape index (κ3) is 5.16. The summed E-state index contributed by atoms with van der Waals surface area (Å²) in [4.78, 5) is 10.1. The van der Waals surface area contributed by atoms with Crippen LogP contribution in [-0.2, 0) is 6.54 Å². The number of aromatic nitrogens is 2. The van der Waals surface area contributed by atoms with E-state index in [2.05, 4.69) is 15.3 Å². The molecule has 0 saturated carbocycles. The molecule has 90 valence electrons. The SMILES string of the molecule is CN(C)CC(C)(O)CNCc1ncccn1. The minimum absolute atomic E-state index is 0.517. The number of hydrogen-bond acceptors (Lipinski definition) is 5. The number of nitrogens with one attached hydrogen (secondary N) is 1. The Hall–Kier alpha value is -1.04. The number of hydrogen-bond donors (Lipinski definition) is 2. The molecule has 2 N–H and O–H groups in total. The molecular weight excluding hydrogens is 204 g/mol. The van der Waals surface area contributed by atoms with Gasteiger partial charge in [-0.3, -0.25) is 0 Å². The second-order valence-electron chi connectivity index (χ2n) is 4.50. The molecule has 0 saturated heterocycles. The van der Waals surface area contributed by atoms with E-state index in [1.54, 1.807) is 18.5 Å². The summed E-state index contributed by atoms with van der Waals surface area (Å²) in [5, 5.41) is 13.2. The van der Waals surface area contributed by atoms with Gasteiger partial charge in [-0.25, -0.2) is 9.97 Å². The first-order valence-corrected chi connectivity index (χ1v) is 5.33. The van der Waals surface area contributed by atoms with E-state index in [-0.39, 0.29) is 0 Å². The molecule has 1 atom stereocenters. The maximum atomic E-state index is 10.0. The molecule has 0 aliphatic carbocycles. The summed E-state index contributed by atoms with van der Waals surface area (Å²) in [6, 6.07) is 1.78. The second kappa shape index (κ2) is 5.89. The lowest BCUT2D eigenvalue weighted by Crippen LogP contribution is -2.45. The highest BCUT2D eigenvalue weighted by molar-refractivity contribution is 4.88. The van der Waals surface area contributed by atoms with E-state index < -0.39 is 5.60 Å². The average molecular weight is 224 g/mol. The smallest absolute Gasteiger partial charge is 0.141 e. The Morgan fingerprint density at radius 3 is 2.56 bits per heavy atom. The molecule has 16 heavy (non-hydrogen) atoms. The molecule has 0 aliphatic heterocycles. The van der Waals surface area contributed by atoms with Crippen LogP contribution in [0.25, 0.3) is 0 Å². The first kappa shape index (κ1) is 13.0. The fraction of sp³-hybridized carbons (Fsp3) is 0.636. The summed E-state index contributed by atoms with van der Waals surface area (Å²) < 4.78 is 0. The minimum Gasteiger partial charge on any atom is -0.388 e. The van der Waals surface area contributed by atoms with Crippen molar-refractivity contribution in [2.75, 3.05) is 27.2 Å². The van der Waals surface area contributed by atoms with Gasteiger partial charge >= 0.3 is 0 Å². The van der Waals surface area contributed by atoms with Crippen LogP contribution in [0.15, 0.2) is 18.5 Å². The van der Waals surface area contributed by atoms with Crippen molar-refractivity contribution in [3.05, 3.63) is 24.3 Å². The van der Waals surface area contributed by atoms with Gasteiger partial charge in [0.05, 0.1) is 12.1 Å². The van der Waals surface area contributed by atoms with Gasteiger partial charge in [0.15, 0.2) is 0 Å². The van der Waals surface area contributed by atoms with E-state index in [0.29, 0.717) is 19.6 Å². The maximum Gasteiger partial charge on any atom is 0.141 e. The third-order valence-electron chi connectivity index (χ3n) is 2.07. The van der Waals surface area contributed by atoms with Gasteiger partial charge in [0.25, 0.3) is 0 Å². The van der Waals surface area contributed by atoms with Crippen LogP contribution in [0.4, 0.5) is 0 Å². The largest absolute Gasteiger partial charge is 0.388 e. The van der Waals surface area contributed by atoms with Crippen molar-refractivity contribution in [2.24, 2.45) is 0 Å². The lowest BCUT2D eigenvalue weighted by Gasteiger charge is -2.27. The van der Waals surface area contributed by atoms with E-state index >= 15 is 0 Å². The first-order chi connectivity index (χ1) is 7.49. The van der Waals surface area contributed by atoms with Crippen molar-refractivity contribution < 1.29 is 5.11 Å². The Morgan fingerprint density at radius 2 is 2.00 bits per heavy atom. The van der Waals surface area contributed by atoms with Gasteiger partial charge in [-0.2, -0.15) is 0 Å². The maximum absolute atomic E-state index is 10.0. The van der Waals surface area contributed by atoms with E-state index in [0.717, 1.165) is 5.82 Å². The first-order valence-electron chi connectivity index (χ1n) is 5.33. The second-order valence-corrected chi connectivity index (χ2v) is 4.50. The molecule has 0 radical (unpaired) electrons. The van der Waals surface area contributed by atoms with E-state index in [9.17, 15) is 5.11 Å². The zero-order valence-electron chi connectivity index (χ0n) is 10.1. The van der Waals surface area contributed by atoms with Crippen LogP contribution in [0.5, 0.6) is 0 Å². The lowest BCUT2D eigenvalue weighted by atomic mass is 10.1. The molecule has 0 amide bonds. The highest BCUT2D eigenvalue weighted by Gasteiger charge is 2.20. The quantitative estimate of drug-likeness (QED) is 0.705. The van der Waals surface area contributed by atoms with E-state index in [1.807, 2.05) is 25.9 Å². The molecule has 1 heterocycles. The normalized spacial score (nSPS) is 15.1. The third-order valence-corrected chi connectivity index (χ3v) is 2.07. The molecule has 1 aromatic heterocycles. The van der Waals surface area contributed by atoms with Crippen LogP contribution in [0.2, 0.25) is 0 Å². The minimum atomic E-state index is -0.738. The number of aliphatic hydroxyl groups is 1. The van der Waals surface area contributed by atoms with E-state index in [1.165, 1.54) is 0 Å². The monoisotopic (exact) mass is 224 g/mol. The molecule has 1 aromatic rings. The van der Waals surface area contributed by atoms with Gasteiger partial charge in [0, 0.05) is 25.5 Å². The Labute approximate surface area is 96.5 Å². The van der Waals surface area contributed by atoms with Gasteiger partial charge in [-0.1, -0.05) is 0 Å². The van der Waals surface area contributed by atoms with Crippen molar-refractivity contribution in [1.29, 1.82) is 0 Å². The van der Waals surface area contributed by atoms with Crippen LogP contribution >= 0.6 is 0 Å². The Morgan fingerprint density at radius 1 is 1.38 bits per heavy atom. The molecule has 0 spiro atoms. The van der Waals surface area contributed by atoms with Crippen molar-refractivity contribution in [3.63, 3.8) is 0 Å². The zero-order valence-corrected chi connectivity index (χ0v) is 10.1. The summed E-state index contributed by atoms with van der Waals surface area (Å²) in [5.74, 6) is 0.739. The molecule has 0 fully saturated rings. The molecular formula is C11H20N4O. The standard InChI is InChI=1S/C11H20N4O/c1-11(16,9-15(2)3)8-12-7-10-13-5-4-6-14-10/h4-6,12,16H,7-9H2,1-3H3. The van der Waals surface area contributed by atoms with Crippen molar-refractivity contribution in [3.8, 4) is 0 Å².